The van der Waals surface area contributed by atoms with Gasteiger partial charge in [0.05, 0.1) is 0 Å². The van der Waals surface area contributed by atoms with Crippen molar-refractivity contribution in [2.45, 2.75) is 53.0 Å². The highest BCUT2D eigenvalue weighted by atomic mass is 16.4. The van der Waals surface area contributed by atoms with E-state index >= 15 is 0 Å². The second-order valence-electron chi connectivity index (χ2n) is 4.77. The van der Waals surface area contributed by atoms with Crippen molar-refractivity contribution in [3.05, 3.63) is 11.6 Å². The molecule has 0 saturated heterocycles. The lowest BCUT2D eigenvalue weighted by Gasteiger charge is -2.19. The molecule has 96 valence electrons. The van der Waals surface area contributed by atoms with Crippen LogP contribution in [0.2, 0.25) is 0 Å². The third kappa shape index (κ3) is 3.28. The van der Waals surface area contributed by atoms with Crippen LogP contribution >= 0.6 is 0 Å². The summed E-state index contributed by atoms with van der Waals surface area (Å²) in [6.45, 7) is 7.90. The molecule has 0 bridgehead atoms. The van der Waals surface area contributed by atoms with Crippen molar-refractivity contribution in [2.24, 2.45) is 5.92 Å². The molecular weight excluding hydrogens is 218 g/mol. The number of aryl methyl sites for hydroxylation is 2. The summed E-state index contributed by atoms with van der Waals surface area (Å²) in [6.07, 6.45) is 2.31. The molecule has 0 aromatic carbocycles. The summed E-state index contributed by atoms with van der Waals surface area (Å²) in [5.41, 5.74) is 0. The largest absolute Gasteiger partial charge is 0.480 e. The molecule has 1 rings (SSSR count). The van der Waals surface area contributed by atoms with Crippen LogP contribution in [0.5, 0.6) is 0 Å². The number of rotatable bonds is 6. The highest BCUT2D eigenvalue weighted by molar-refractivity contribution is 5.72. The van der Waals surface area contributed by atoms with Crippen molar-refractivity contribution in [3.63, 3.8) is 0 Å². The first-order valence-electron chi connectivity index (χ1n) is 6.10. The van der Waals surface area contributed by atoms with Gasteiger partial charge in [-0.25, -0.2) is 4.79 Å². The van der Waals surface area contributed by atoms with E-state index in [9.17, 15) is 9.90 Å². The summed E-state index contributed by atoms with van der Waals surface area (Å²) < 4.78 is 1.77. The fraction of sp³-hybridized carbons (Fsp3) is 0.750. The van der Waals surface area contributed by atoms with E-state index in [4.69, 9.17) is 0 Å². The van der Waals surface area contributed by atoms with Gasteiger partial charge in [-0.2, -0.15) is 0 Å². The van der Waals surface area contributed by atoms with Crippen LogP contribution in [0.25, 0.3) is 0 Å². The topological polar surface area (TPSA) is 68.0 Å². The van der Waals surface area contributed by atoms with Crippen LogP contribution < -0.4 is 0 Å². The fourth-order valence-electron chi connectivity index (χ4n) is 1.98. The summed E-state index contributed by atoms with van der Waals surface area (Å²) in [5.74, 6) is 0.978. The van der Waals surface area contributed by atoms with Crippen LogP contribution in [-0.4, -0.2) is 25.8 Å². The zero-order valence-electron chi connectivity index (χ0n) is 11.0. The Morgan fingerprint density at radius 2 is 2.06 bits per heavy atom. The monoisotopic (exact) mass is 239 g/mol. The first kappa shape index (κ1) is 13.7. The van der Waals surface area contributed by atoms with Crippen molar-refractivity contribution < 1.29 is 9.90 Å². The third-order valence-electron chi connectivity index (χ3n) is 2.70. The molecule has 1 atom stereocenters. The van der Waals surface area contributed by atoms with Gasteiger partial charge in [0.25, 0.3) is 0 Å². The van der Waals surface area contributed by atoms with Crippen LogP contribution in [0.15, 0.2) is 0 Å². The van der Waals surface area contributed by atoms with Crippen LogP contribution in [0.3, 0.4) is 0 Å². The van der Waals surface area contributed by atoms with Crippen LogP contribution in [0.1, 0.15) is 51.3 Å². The lowest BCUT2D eigenvalue weighted by molar-refractivity contribution is -0.141. The summed E-state index contributed by atoms with van der Waals surface area (Å²) in [5, 5.41) is 17.4. The minimum absolute atomic E-state index is 0.326. The van der Waals surface area contributed by atoms with Gasteiger partial charge in [-0.05, 0) is 25.7 Å². The summed E-state index contributed by atoms with van der Waals surface area (Å²) in [4.78, 5) is 11.4. The SMILES string of the molecule is CCCc1nnc(C)n1C(CC(C)C)C(=O)O. The maximum absolute atomic E-state index is 11.4. The number of nitrogens with zero attached hydrogens (tertiary/aromatic N) is 3. The summed E-state index contributed by atoms with van der Waals surface area (Å²) in [6, 6.07) is -0.549. The second kappa shape index (κ2) is 5.80. The predicted molar refractivity (Wildman–Crippen MR) is 64.9 cm³/mol. The van der Waals surface area contributed by atoms with Gasteiger partial charge < -0.3 is 9.67 Å². The van der Waals surface area contributed by atoms with E-state index in [1.54, 1.807) is 4.57 Å². The number of carbonyl (C=O) groups is 1. The Bertz CT molecular complexity index is 385. The van der Waals surface area contributed by atoms with E-state index in [1.807, 2.05) is 27.7 Å². The van der Waals surface area contributed by atoms with E-state index in [2.05, 4.69) is 10.2 Å². The molecule has 0 aliphatic rings. The van der Waals surface area contributed by atoms with Gasteiger partial charge in [-0.3, -0.25) is 0 Å². The van der Waals surface area contributed by atoms with Gasteiger partial charge in [0.2, 0.25) is 0 Å². The molecule has 5 nitrogen and oxygen atoms in total. The molecule has 1 aromatic rings. The lowest BCUT2D eigenvalue weighted by atomic mass is 10.0. The minimum atomic E-state index is -0.807. The van der Waals surface area contributed by atoms with E-state index in [0.717, 1.165) is 18.7 Å². The smallest absolute Gasteiger partial charge is 0.326 e. The minimum Gasteiger partial charge on any atom is -0.480 e. The number of carboxylic acids is 1. The number of aliphatic carboxylic acids is 1. The molecule has 1 unspecified atom stereocenters. The van der Waals surface area contributed by atoms with Gasteiger partial charge in [0.1, 0.15) is 17.7 Å². The number of aromatic nitrogens is 3. The normalized spacial score (nSPS) is 13.0. The van der Waals surface area contributed by atoms with Crippen molar-refractivity contribution in [2.75, 3.05) is 0 Å². The average molecular weight is 239 g/mol. The van der Waals surface area contributed by atoms with Crippen molar-refractivity contribution in [1.29, 1.82) is 0 Å². The Kier molecular flexibility index (Phi) is 4.66. The van der Waals surface area contributed by atoms with Gasteiger partial charge in [0, 0.05) is 6.42 Å². The molecule has 5 heteroatoms. The highest BCUT2D eigenvalue weighted by Crippen LogP contribution is 2.21. The maximum atomic E-state index is 11.4. The Balaban J connectivity index is 3.07. The van der Waals surface area contributed by atoms with Gasteiger partial charge in [-0.15, -0.1) is 10.2 Å². The molecule has 0 spiro atoms. The van der Waals surface area contributed by atoms with E-state index in [-0.39, 0.29) is 0 Å². The van der Waals surface area contributed by atoms with Crippen LogP contribution in [-0.2, 0) is 11.2 Å². The second-order valence-corrected chi connectivity index (χ2v) is 4.77. The molecule has 0 aliphatic carbocycles. The third-order valence-corrected chi connectivity index (χ3v) is 2.70. The van der Waals surface area contributed by atoms with Gasteiger partial charge >= 0.3 is 5.97 Å². The Hall–Kier alpha value is -1.39. The van der Waals surface area contributed by atoms with E-state index in [1.165, 1.54) is 0 Å². The van der Waals surface area contributed by atoms with Gasteiger partial charge in [0.15, 0.2) is 0 Å². The molecule has 0 saturated carbocycles. The molecule has 0 radical (unpaired) electrons. The number of hydrogen-bond acceptors (Lipinski definition) is 3. The fourth-order valence-corrected chi connectivity index (χ4v) is 1.98. The molecule has 0 aliphatic heterocycles. The summed E-state index contributed by atoms with van der Waals surface area (Å²) >= 11 is 0. The Labute approximate surface area is 102 Å². The molecule has 0 amide bonds. The number of hydrogen-bond donors (Lipinski definition) is 1. The average Bonchev–Trinajstić information content (AvgIpc) is 2.57. The first-order valence-corrected chi connectivity index (χ1v) is 6.10. The lowest BCUT2D eigenvalue weighted by Crippen LogP contribution is -2.23. The molecular formula is C12H21N3O2. The van der Waals surface area contributed by atoms with Crippen molar-refractivity contribution >= 4 is 5.97 Å². The zero-order chi connectivity index (χ0) is 13.0. The standard InChI is InChI=1S/C12H21N3O2/c1-5-6-11-14-13-9(4)15(11)10(12(16)17)7-8(2)3/h8,10H,5-7H2,1-4H3,(H,16,17). The summed E-state index contributed by atoms with van der Waals surface area (Å²) in [7, 11) is 0. The van der Waals surface area contributed by atoms with E-state index < -0.39 is 12.0 Å². The maximum Gasteiger partial charge on any atom is 0.326 e. The van der Waals surface area contributed by atoms with Crippen molar-refractivity contribution in [1.82, 2.24) is 14.8 Å². The Morgan fingerprint density at radius 3 is 2.53 bits per heavy atom. The first-order chi connectivity index (χ1) is 7.97. The molecule has 1 N–H and O–H groups in total. The highest BCUT2D eigenvalue weighted by Gasteiger charge is 2.25. The van der Waals surface area contributed by atoms with Crippen LogP contribution in [0, 0.1) is 12.8 Å². The molecule has 1 aromatic heterocycles. The van der Waals surface area contributed by atoms with E-state index in [0.29, 0.717) is 18.2 Å². The van der Waals surface area contributed by atoms with Crippen molar-refractivity contribution in [3.8, 4) is 0 Å². The van der Waals surface area contributed by atoms with Gasteiger partial charge in [-0.1, -0.05) is 20.8 Å². The molecule has 1 heterocycles. The quantitative estimate of drug-likeness (QED) is 0.826. The van der Waals surface area contributed by atoms with Crippen LogP contribution in [0.4, 0.5) is 0 Å². The molecule has 0 fully saturated rings. The molecule has 17 heavy (non-hydrogen) atoms. The Morgan fingerprint density at radius 1 is 1.41 bits per heavy atom. The number of carboxylic acid groups (broad SMARTS) is 1. The predicted octanol–water partition coefficient (Wildman–Crippen LogP) is 2.21. The zero-order valence-corrected chi connectivity index (χ0v) is 11.0.